The Balaban J connectivity index is 2.25. The molecule has 4 nitrogen and oxygen atoms in total. The van der Waals surface area contributed by atoms with E-state index in [1.165, 1.54) is 23.6 Å². The molecule has 0 unspecified atom stereocenters. The van der Waals surface area contributed by atoms with Crippen molar-refractivity contribution in [3.63, 3.8) is 0 Å². The minimum absolute atomic E-state index is 0.122. The Hall–Kier alpha value is -1.88. The van der Waals surface area contributed by atoms with Crippen LogP contribution in [-0.4, -0.2) is 10.9 Å². The minimum atomic E-state index is -0.389. The van der Waals surface area contributed by atoms with Gasteiger partial charge in [-0.25, -0.2) is 0 Å². The van der Waals surface area contributed by atoms with Crippen LogP contribution in [-0.2, 0) is 0 Å². The van der Waals surface area contributed by atoms with Gasteiger partial charge >= 0.3 is 0 Å². The second kappa shape index (κ2) is 4.32. The van der Waals surface area contributed by atoms with Gasteiger partial charge in [-0.1, -0.05) is 0 Å². The van der Waals surface area contributed by atoms with Crippen LogP contribution in [0.15, 0.2) is 33.9 Å². The van der Waals surface area contributed by atoms with Gasteiger partial charge in [0.1, 0.15) is 5.56 Å². The number of aromatic amines is 1. The highest BCUT2D eigenvalue weighted by molar-refractivity contribution is 7.08. The number of hydrogen-bond acceptors (Lipinski definition) is 3. The highest BCUT2D eigenvalue weighted by atomic mass is 32.1. The zero-order valence-electron chi connectivity index (χ0n) is 8.61. The number of thiophene rings is 1. The summed E-state index contributed by atoms with van der Waals surface area (Å²) < 4.78 is 0. The summed E-state index contributed by atoms with van der Waals surface area (Å²) in [5.74, 6) is -0.389. The molecular weight excluding hydrogens is 224 g/mol. The van der Waals surface area contributed by atoms with Gasteiger partial charge in [0.25, 0.3) is 5.91 Å². The summed E-state index contributed by atoms with van der Waals surface area (Å²) in [6.45, 7) is 1.77. The van der Waals surface area contributed by atoms with Gasteiger partial charge in [-0.3, -0.25) is 9.59 Å². The SMILES string of the molecule is Cc1cc(=O)c(C(=O)Nc2ccsc2)c[nH]1. The molecule has 0 atom stereocenters. The van der Waals surface area contributed by atoms with E-state index in [2.05, 4.69) is 10.3 Å². The van der Waals surface area contributed by atoms with E-state index in [1.807, 2.05) is 5.38 Å². The van der Waals surface area contributed by atoms with E-state index in [0.717, 1.165) is 5.69 Å². The first-order valence-electron chi connectivity index (χ1n) is 4.70. The highest BCUT2D eigenvalue weighted by Crippen LogP contribution is 2.12. The first-order chi connectivity index (χ1) is 7.66. The van der Waals surface area contributed by atoms with Crippen molar-refractivity contribution in [2.24, 2.45) is 0 Å². The fourth-order valence-corrected chi connectivity index (χ4v) is 1.87. The first-order valence-corrected chi connectivity index (χ1v) is 5.64. The van der Waals surface area contributed by atoms with E-state index < -0.39 is 0 Å². The molecule has 0 fully saturated rings. The average Bonchev–Trinajstić information content (AvgIpc) is 2.70. The van der Waals surface area contributed by atoms with Gasteiger partial charge in [0.2, 0.25) is 0 Å². The monoisotopic (exact) mass is 234 g/mol. The number of rotatable bonds is 2. The topological polar surface area (TPSA) is 62.0 Å². The zero-order chi connectivity index (χ0) is 11.5. The van der Waals surface area contributed by atoms with Crippen molar-refractivity contribution in [1.82, 2.24) is 4.98 Å². The predicted molar refractivity (Wildman–Crippen MR) is 64.1 cm³/mol. The normalized spacial score (nSPS) is 10.1. The van der Waals surface area contributed by atoms with Crippen molar-refractivity contribution >= 4 is 22.9 Å². The molecule has 0 aliphatic heterocycles. The lowest BCUT2D eigenvalue weighted by Gasteiger charge is -2.02. The fraction of sp³-hybridized carbons (Fsp3) is 0.0909. The van der Waals surface area contributed by atoms with Gasteiger partial charge in [0.05, 0.1) is 5.69 Å². The molecule has 5 heteroatoms. The van der Waals surface area contributed by atoms with Crippen molar-refractivity contribution in [1.29, 1.82) is 0 Å². The van der Waals surface area contributed by atoms with Crippen LogP contribution in [0.4, 0.5) is 5.69 Å². The van der Waals surface area contributed by atoms with Gasteiger partial charge in [-0.2, -0.15) is 11.3 Å². The second-order valence-electron chi connectivity index (χ2n) is 3.36. The van der Waals surface area contributed by atoms with Crippen LogP contribution in [0, 0.1) is 6.92 Å². The molecule has 0 radical (unpaired) electrons. The molecule has 0 aliphatic rings. The standard InChI is InChI=1S/C11H10N2O2S/c1-7-4-10(14)9(5-12-7)11(15)13-8-2-3-16-6-8/h2-6H,1H3,(H,12,14)(H,13,15). The number of carbonyl (C=O) groups is 1. The number of hydrogen-bond donors (Lipinski definition) is 2. The fourth-order valence-electron chi connectivity index (χ4n) is 1.28. The van der Waals surface area contributed by atoms with E-state index in [-0.39, 0.29) is 16.9 Å². The molecule has 0 spiro atoms. The van der Waals surface area contributed by atoms with Crippen LogP contribution in [0.3, 0.4) is 0 Å². The van der Waals surface area contributed by atoms with Crippen molar-refractivity contribution in [2.75, 3.05) is 5.32 Å². The maximum Gasteiger partial charge on any atom is 0.261 e. The number of nitrogens with one attached hydrogen (secondary N) is 2. The molecule has 2 aromatic heterocycles. The summed E-state index contributed by atoms with van der Waals surface area (Å²) in [4.78, 5) is 26.1. The van der Waals surface area contributed by atoms with E-state index in [1.54, 1.807) is 18.4 Å². The number of anilines is 1. The van der Waals surface area contributed by atoms with Crippen molar-refractivity contribution in [3.8, 4) is 0 Å². The summed E-state index contributed by atoms with van der Waals surface area (Å²) in [7, 11) is 0. The zero-order valence-corrected chi connectivity index (χ0v) is 9.43. The summed E-state index contributed by atoms with van der Waals surface area (Å²) in [5.41, 5.74) is 1.29. The molecular formula is C11H10N2O2S. The van der Waals surface area contributed by atoms with Gasteiger partial charge in [-0.15, -0.1) is 0 Å². The van der Waals surface area contributed by atoms with Crippen LogP contribution < -0.4 is 10.7 Å². The lowest BCUT2D eigenvalue weighted by molar-refractivity contribution is 0.102. The molecule has 0 aliphatic carbocycles. The van der Waals surface area contributed by atoms with Crippen LogP contribution >= 0.6 is 11.3 Å². The Morgan fingerprint density at radius 2 is 2.31 bits per heavy atom. The van der Waals surface area contributed by atoms with Gasteiger partial charge in [-0.05, 0) is 18.4 Å². The molecule has 0 saturated carbocycles. The molecule has 2 heterocycles. The number of pyridine rings is 1. The summed E-state index contributed by atoms with van der Waals surface area (Å²) in [6.07, 6.45) is 1.43. The van der Waals surface area contributed by atoms with Crippen molar-refractivity contribution in [2.45, 2.75) is 6.92 Å². The first kappa shape index (κ1) is 10.6. The van der Waals surface area contributed by atoms with E-state index in [4.69, 9.17) is 0 Å². The molecule has 0 aromatic carbocycles. The van der Waals surface area contributed by atoms with Gasteiger partial charge in [0.15, 0.2) is 5.43 Å². The number of aryl methyl sites for hydroxylation is 1. The molecule has 82 valence electrons. The second-order valence-corrected chi connectivity index (χ2v) is 4.14. The van der Waals surface area contributed by atoms with Crippen LogP contribution in [0.25, 0.3) is 0 Å². The largest absolute Gasteiger partial charge is 0.364 e. The maximum atomic E-state index is 11.7. The number of aromatic nitrogens is 1. The maximum absolute atomic E-state index is 11.7. The molecule has 0 saturated heterocycles. The smallest absolute Gasteiger partial charge is 0.261 e. The Morgan fingerprint density at radius 1 is 1.50 bits per heavy atom. The van der Waals surface area contributed by atoms with Crippen LogP contribution in [0.2, 0.25) is 0 Å². The lowest BCUT2D eigenvalue weighted by atomic mass is 10.2. The van der Waals surface area contributed by atoms with E-state index in [0.29, 0.717) is 5.69 Å². The number of amides is 1. The Kier molecular flexibility index (Phi) is 2.87. The minimum Gasteiger partial charge on any atom is -0.364 e. The summed E-state index contributed by atoms with van der Waals surface area (Å²) >= 11 is 1.48. The van der Waals surface area contributed by atoms with Crippen molar-refractivity contribution < 1.29 is 4.79 Å². The van der Waals surface area contributed by atoms with E-state index in [9.17, 15) is 9.59 Å². The van der Waals surface area contributed by atoms with Crippen LogP contribution in [0.5, 0.6) is 0 Å². The third-order valence-electron chi connectivity index (χ3n) is 2.08. The summed E-state index contributed by atoms with van der Waals surface area (Å²) in [6, 6.07) is 3.19. The molecule has 2 N–H and O–H groups in total. The lowest BCUT2D eigenvalue weighted by Crippen LogP contribution is -2.21. The number of carbonyl (C=O) groups excluding carboxylic acids is 1. The van der Waals surface area contributed by atoms with Crippen LogP contribution in [0.1, 0.15) is 16.1 Å². The van der Waals surface area contributed by atoms with Gasteiger partial charge < -0.3 is 10.3 Å². The average molecular weight is 234 g/mol. The molecule has 1 amide bonds. The van der Waals surface area contributed by atoms with E-state index >= 15 is 0 Å². The highest BCUT2D eigenvalue weighted by Gasteiger charge is 2.10. The van der Waals surface area contributed by atoms with Gasteiger partial charge in [0, 0.05) is 23.3 Å². The third kappa shape index (κ3) is 2.20. The molecule has 2 aromatic rings. The Labute approximate surface area is 96.0 Å². The summed E-state index contributed by atoms with van der Waals surface area (Å²) in [5, 5.41) is 6.31. The molecule has 2 rings (SSSR count). The quantitative estimate of drug-likeness (QED) is 0.834. The number of H-pyrrole nitrogens is 1. The Bertz CT molecular complexity index is 558. The molecule has 16 heavy (non-hydrogen) atoms. The predicted octanol–water partition coefficient (Wildman–Crippen LogP) is 2.00. The Morgan fingerprint density at radius 3 is 2.94 bits per heavy atom. The molecule has 0 bridgehead atoms. The third-order valence-corrected chi connectivity index (χ3v) is 2.76. The van der Waals surface area contributed by atoms with Crippen molar-refractivity contribution in [3.05, 3.63) is 50.6 Å².